The molecular formula is C14H29N3O. The van der Waals surface area contributed by atoms with E-state index in [4.69, 9.17) is 5.73 Å². The molecule has 0 aliphatic heterocycles. The fourth-order valence-electron chi connectivity index (χ4n) is 2.83. The first-order valence-corrected chi connectivity index (χ1v) is 7.34. The van der Waals surface area contributed by atoms with Gasteiger partial charge in [-0.1, -0.05) is 19.3 Å². The molecule has 1 fully saturated rings. The standard InChI is InChI=1S/C14H29N3O/c1-3-16-14(18)9-13(10-15)17(2)11-12-7-5-4-6-8-12/h12-13H,3-11,15H2,1-2H3,(H,16,18). The van der Waals surface area contributed by atoms with E-state index in [-0.39, 0.29) is 11.9 Å². The van der Waals surface area contributed by atoms with E-state index in [2.05, 4.69) is 17.3 Å². The van der Waals surface area contributed by atoms with Crippen LogP contribution in [0.15, 0.2) is 0 Å². The van der Waals surface area contributed by atoms with Crippen LogP contribution in [0.25, 0.3) is 0 Å². The summed E-state index contributed by atoms with van der Waals surface area (Å²) in [6.45, 7) is 4.28. The molecule has 0 radical (unpaired) electrons. The number of nitrogens with one attached hydrogen (secondary N) is 1. The summed E-state index contributed by atoms with van der Waals surface area (Å²) in [5.74, 6) is 0.912. The number of hydrogen-bond donors (Lipinski definition) is 2. The molecule has 18 heavy (non-hydrogen) atoms. The van der Waals surface area contributed by atoms with Gasteiger partial charge in [-0.2, -0.15) is 0 Å². The minimum absolute atomic E-state index is 0.114. The molecule has 0 bridgehead atoms. The molecule has 106 valence electrons. The summed E-state index contributed by atoms with van der Waals surface area (Å²) < 4.78 is 0. The maximum absolute atomic E-state index is 11.6. The highest BCUT2D eigenvalue weighted by Crippen LogP contribution is 2.24. The Balaban J connectivity index is 2.35. The minimum Gasteiger partial charge on any atom is -0.356 e. The number of carbonyl (C=O) groups excluding carboxylic acids is 1. The first-order valence-electron chi connectivity index (χ1n) is 7.34. The van der Waals surface area contributed by atoms with Crippen LogP contribution < -0.4 is 11.1 Å². The van der Waals surface area contributed by atoms with E-state index >= 15 is 0 Å². The quantitative estimate of drug-likeness (QED) is 0.722. The molecule has 1 rings (SSSR count). The fraction of sp³-hybridized carbons (Fsp3) is 0.929. The zero-order valence-corrected chi connectivity index (χ0v) is 12.0. The second-order valence-corrected chi connectivity index (χ2v) is 5.49. The molecule has 0 aromatic heterocycles. The van der Waals surface area contributed by atoms with Gasteiger partial charge in [0.15, 0.2) is 0 Å². The molecule has 0 spiro atoms. The van der Waals surface area contributed by atoms with Gasteiger partial charge in [0.25, 0.3) is 0 Å². The first-order chi connectivity index (χ1) is 8.67. The third kappa shape index (κ3) is 5.36. The van der Waals surface area contributed by atoms with Crippen LogP contribution in [0.3, 0.4) is 0 Å². The zero-order chi connectivity index (χ0) is 13.4. The maximum Gasteiger partial charge on any atom is 0.221 e. The molecule has 0 heterocycles. The van der Waals surface area contributed by atoms with Crippen molar-refractivity contribution in [2.24, 2.45) is 11.7 Å². The number of nitrogens with zero attached hydrogens (tertiary/aromatic N) is 1. The Bertz CT molecular complexity index is 239. The second-order valence-electron chi connectivity index (χ2n) is 5.49. The van der Waals surface area contributed by atoms with Crippen molar-refractivity contribution < 1.29 is 4.79 Å². The molecule has 1 saturated carbocycles. The fourth-order valence-corrected chi connectivity index (χ4v) is 2.83. The Labute approximate surface area is 111 Å². The monoisotopic (exact) mass is 255 g/mol. The second kappa shape index (κ2) is 8.48. The average Bonchev–Trinajstić information content (AvgIpc) is 2.37. The molecule has 4 heteroatoms. The van der Waals surface area contributed by atoms with Crippen molar-refractivity contribution >= 4 is 5.91 Å². The molecule has 0 aromatic carbocycles. The van der Waals surface area contributed by atoms with Crippen molar-refractivity contribution in [1.82, 2.24) is 10.2 Å². The van der Waals surface area contributed by atoms with E-state index in [1.807, 2.05) is 6.92 Å². The van der Waals surface area contributed by atoms with Gasteiger partial charge in [0.05, 0.1) is 0 Å². The molecule has 3 N–H and O–H groups in total. The number of likely N-dealkylation sites (N-methyl/N-ethyl adjacent to an activating group) is 1. The number of hydrogen-bond acceptors (Lipinski definition) is 3. The van der Waals surface area contributed by atoms with Crippen LogP contribution in [-0.4, -0.2) is 43.5 Å². The van der Waals surface area contributed by atoms with Crippen molar-refractivity contribution in [1.29, 1.82) is 0 Å². The number of nitrogens with two attached hydrogens (primary N) is 1. The molecule has 4 nitrogen and oxygen atoms in total. The van der Waals surface area contributed by atoms with Crippen molar-refractivity contribution in [3.63, 3.8) is 0 Å². The molecule has 1 aliphatic carbocycles. The van der Waals surface area contributed by atoms with Gasteiger partial charge in [-0.05, 0) is 32.7 Å². The van der Waals surface area contributed by atoms with E-state index in [0.29, 0.717) is 19.5 Å². The lowest BCUT2D eigenvalue weighted by atomic mass is 9.88. The number of rotatable bonds is 7. The molecule has 1 aliphatic rings. The van der Waals surface area contributed by atoms with E-state index in [0.717, 1.165) is 12.5 Å². The third-order valence-corrected chi connectivity index (χ3v) is 3.96. The highest BCUT2D eigenvalue weighted by Gasteiger charge is 2.21. The van der Waals surface area contributed by atoms with E-state index < -0.39 is 0 Å². The molecule has 0 saturated heterocycles. The van der Waals surface area contributed by atoms with Crippen molar-refractivity contribution in [3.8, 4) is 0 Å². The van der Waals surface area contributed by atoms with E-state index in [1.165, 1.54) is 32.1 Å². The zero-order valence-electron chi connectivity index (χ0n) is 12.0. The number of amides is 1. The van der Waals surface area contributed by atoms with Gasteiger partial charge >= 0.3 is 0 Å². The van der Waals surface area contributed by atoms with Crippen molar-refractivity contribution in [3.05, 3.63) is 0 Å². The Kier molecular flexibility index (Phi) is 7.28. The lowest BCUT2D eigenvalue weighted by Gasteiger charge is -2.32. The van der Waals surface area contributed by atoms with Crippen LogP contribution in [0.2, 0.25) is 0 Å². The summed E-state index contributed by atoms with van der Waals surface area (Å²) in [4.78, 5) is 13.9. The summed E-state index contributed by atoms with van der Waals surface area (Å²) in [6, 6.07) is 0.179. The lowest BCUT2D eigenvalue weighted by molar-refractivity contribution is -0.122. The minimum atomic E-state index is 0.114. The van der Waals surface area contributed by atoms with Gasteiger partial charge in [-0.3, -0.25) is 4.79 Å². The largest absolute Gasteiger partial charge is 0.356 e. The van der Waals surface area contributed by atoms with Crippen LogP contribution in [0.5, 0.6) is 0 Å². The van der Waals surface area contributed by atoms with Gasteiger partial charge in [0.1, 0.15) is 0 Å². The topological polar surface area (TPSA) is 58.4 Å². The van der Waals surface area contributed by atoms with Gasteiger partial charge in [-0.25, -0.2) is 0 Å². The van der Waals surface area contributed by atoms with Gasteiger partial charge in [-0.15, -0.1) is 0 Å². The molecule has 1 amide bonds. The Morgan fingerprint density at radius 2 is 2.06 bits per heavy atom. The summed E-state index contributed by atoms with van der Waals surface area (Å²) in [6.07, 6.45) is 7.31. The summed E-state index contributed by atoms with van der Waals surface area (Å²) >= 11 is 0. The summed E-state index contributed by atoms with van der Waals surface area (Å²) in [5, 5.41) is 2.85. The highest BCUT2D eigenvalue weighted by molar-refractivity contribution is 5.76. The lowest BCUT2D eigenvalue weighted by Crippen LogP contribution is -2.44. The Hall–Kier alpha value is -0.610. The Morgan fingerprint density at radius 1 is 1.39 bits per heavy atom. The van der Waals surface area contributed by atoms with E-state index in [9.17, 15) is 4.79 Å². The van der Waals surface area contributed by atoms with Crippen LogP contribution in [0.4, 0.5) is 0 Å². The third-order valence-electron chi connectivity index (χ3n) is 3.96. The molecular weight excluding hydrogens is 226 g/mol. The van der Waals surface area contributed by atoms with Gasteiger partial charge in [0.2, 0.25) is 5.91 Å². The molecule has 0 aromatic rings. The average molecular weight is 255 g/mol. The first kappa shape index (κ1) is 15.4. The predicted octanol–water partition coefficient (Wildman–Crippen LogP) is 1.35. The van der Waals surface area contributed by atoms with Gasteiger partial charge < -0.3 is 16.0 Å². The van der Waals surface area contributed by atoms with Crippen LogP contribution in [0.1, 0.15) is 45.4 Å². The van der Waals surface area contributed by atoms with Crippen molar-refractivity contribution in [2.45, 2.75) is 51.5 Å². The van der Waals surface area contributed by atoms with Crippen LogP contribution in [0, 0.1) is 5.92 Å². The maximum atomic E-state index is 11.6. The number of carbonyl (C=O) groups is 1. The highest BCUT2D eigenvalue weighted by atomic mass is 16.1. The normalized spacial score (nSPS) is 18.9. The van der Waals surface area contributed by atoms with Crippen LogP contribution in [-0.2, 0) is 4.79 Å². The predicted molar refractivity (Wildman–Crippen MR) is 75.3 cm³/mol. The van der Waals surface area contributed by atoms with Gasteiger partial charge in [0, 0.05) is 32.1 Å². The summed E-state index contributed by atoms with van der Waals surface area (Å²) in [7, 11) is 2.10. The Morgan fingerprint density at radius 3 is 2.61 bits per heavy atom. The molecule has 1 unspecified atom stereocenters. The van der Waals surface area contributed by atoms with Crippen molar-refractivity contribution in [2.75, 3.05) is 26.7 Å². The SMILES string of the molecule is CCNC(=O)CC(CN)N(C)CC1CCCCC1. The van der Waals surface area contributed by atoms with E-state index in [1.54, 1.807) is 0 Å². The smallest absolute Gasteiger partial charge is 0.221 e. The van der Waals surface area contributed by atoms with Crippen LogP contribution >= 0.6 is 0 Å². The summed E-state index contributed by atoms with van der Waals surface area (Å²) in [5.41, 5.74) is 5.80. The molecule has 1 atom stereocenters.